The maximum Gasteiger partial charge on any atom is 0.333 e. The first-order chi connectivity index (χ1) is 8.52. The fourth-order valence-electron chi connectivity index (χ4n) is 1.78. The van der Waals surface area contributed by atoms with E-state index in [9.17, 15) is 4.79 Å². The molecule has 0 heterocycles. The van der Waals surface area contributed by atoms with Gasteiger partial charge in [0, 0.05) is 18.0 Å². The van der Waals surface area contributed by atoms with Gasteiger partial charge in [-0.15, -0.1) is 0 Å². The molecule has 0 saturated heterocycles. The lowest BCUT2D eigenvalue weighted by Crippen LogP contribution is -2.22. The van der Waals surface area contributed by atoms with Crippen molar-refractivity contribution in [2.75, 3.05) is 20.7 Å². The number of benzene rings is 1. The maximum atomic E-state index is 11.3. The first-order valence-corrected chi connectivity index (χ1v) is 6.06. The molecule has 1 unspecified atom stereocenters. The number of rotatable bonds is 6. The van der Waals surface area contributed by atoms with Crippen molar-refractivity contribution in [2.24, 2.45) is 0 Å². The van der Waals surface area contributed by atoms with Crippen molar-refractivity contribution < 1.29 is 9.53 Å². The molecule has 0 bridgehead atoms. The van der Waals surface area contributed by atoms with E-state index in [1.165, 1.54) is 5.56 Å². The second kappa shape index (κ2) is 6.97. The second-order valence-corrected chi connectivity index (χ2v) is 4.60. The van der Waals surface area contributed by atoms with E-state index in [4.69, 9.17) is 4.74 Å². The van der Waals surface area contributed by atoms with E-state index >= 15 is 0 Å². The van der Waals surface area contributed by atoms with Crippen molar-refractivity contribution in [2.45, 2.75) is 19.4 Å². The molecular formula is C15H21NO2. The second-order valence-electron chi connectivity index (χ2n) is 4.60. The molecule has 1 rings (SSSR count). The molecule has 1 aromatic rings. The highest BCUT2D eigenvalue weighted by molar-refractivity contribution is 5.86. The van der Waals surface area contributed by atoms with Gasteiger partial charge in [-0.2, -0.15) is 0 Å². The zero-order valence-electron chi connectivity index (χ0n) is 11.3. The van der Waals surface area contributed by atoms with Gasteiger partial charge < -0.3 is 9.64 Å². The molecule has 1 aromatic carbocycles. The van der Waals surface area contributed by atoms with Crippen molar-refractivity contribution in [1.29, 1.82) is 0 Å². The molecule has 0 aromatic heterocycles. The lowest BCUT2D eigenvalue weighted by molar-refractivity contribution is -0.139. The summed E-state index contributed by atoms with van der Waals surface area (Å²) >= 11 is 0. The Hall–Kier alpha value is -1.61. The monoisotopic (exact) mass is 247 g/mol. The van der Waals surface area contributed by atoms with Crippen LogP contribution in [0.15, 0.2) is 42.5 Å². The Balaban J connectivity index is 2.55. The summed E-state index contributed by atoms with van der Waals surface area (Å²) in [6.07, 6.45) is 0.774. The zero-order valence-corrected chi connectivity index (χ0v) is 11.3. The fraction of sp³-hybridized carbons (Fsp3) is 0.400. The van der Waals surface area contributed by atoms with Crippen molar-refractivity contribution in [1.82, 2.24) is 4.90 Å². The van der Waals surface area contributed by atoms with Gasteiger partial charge in [-0.3, -0.25) is 0 Å². The third-order valence-corrected chi connectivity index (χ3v) is 2.78. The third kappa shape index (κ3) is 4.34. The molecule has 0 aliphatic carbocycles. The average Bonchev–Trinajstić information content (AvgIpc) is 2.34. The minimum atomic E-state index is -0.319. The molecule has 0 fully saturated rings. The predicted molar refractivity (Wildman–Crippen MR) is 73.3 cm³/mol. The Kier molecular flexibility index (Phi) is 5.59. The van der Waals surface area contributed by atoms with Gasteiger partial charge in [0.05, 0.1) is 6.61 Å². The molecule has 18 heavy (non-hydrogen) atoms. The Morgan fingerprint density at radius 1 is 1.33 bits per heavy atom. The topological polar surface area (TPSA) is 29.5 Å². The van der Waals surface area contributed by atoms with Crippen molar-refractivity contribution >= 4 is 5.97 Å². The standard InChI is InChI=1S/C15H21NO2/c1-12(2)15(17)18-11-10-14(16(3)4)13-8-6-5-7-9-13/h5-9,14H,1,10-11H2,2-4H3. The van der Waals surface area contributed by atoms with E-state index in [-0.39, 0.29) is 12.0 Å². The smallest absolute Gasteiger partial charge is 0.333 e. The summed E-state index contributed by atoms with van der Waals surface area (Å²) < 4.78 is 5.14. The molecule has 0 amide bonds. The quantitative estimate of drug-likeness (QED) is 0.572. The molecule has 3 heteroatoms. The number of carbonyl (C=O) groups excluding carboxylic acids is 1. The Morgan fingerprint density at radius 2 is 1.94 bits per heavy atom. The van der Waals surface area contributed by atoms with Crippen LogP contribution in [-0.4, -0.2) is 31.6 Å². The van der Waals surface area contributed by atoms with Crippen molar-refractivity contribution in [3.05, 3.63) is 48.0 Å². The van der Waals surface area contributed by atoms with E-state index in [0.717, 1.165) is 6.42 Å². The van der Waals surface area contributed by atoms with Gasteiger partial charge in [-0.05, 0) is 26.6 Å². The first-order valence-electron chi connectivity index (χ1n) is 6.06. The highest BCUT2D eigenvalue weighted by Crippen LogP contribution is 2.21. The highest BCUT2D eigenvalue weighted by Gasteiger charge is 2.14. The molecule has 0 N–H and O–H groups in total. The largest absolute Gasteiger partial charge is 0.462 e. The van der Waals surface area contributed by atoms with Crippen LogP contribution in [0.3, 0.4) is 0 Å². The molecule has 1 atom stereocenters. The van der Waals surface area contributed by atoms with Crippen LogP contribution in [0.2, 0.25) is 0 Å². The lowest BCUT2D eigenvalue weighted by atomic mass is 10.0. The van der Waals surface area contributed by atoms with Gasteiger partial charge in [0.25, 0.3) is 0 Å². The Labute approximate surface area is 109 Å². The first kappa shape index (κ1) is 14.5. The number of carbonyl (C=O) groups is 1. The molecular weight excluding hydrogens is 226 g/mol. The zero-order chi connectivity index (χ0) is 13.5. The summed E-state index contributed by atoms with van der Waals surface area (Å²) in [4.78, 5) is 13.4. The maximum absolute atomic E-state index is 11.3. The summed E-state index contributed by atoms with van der Waals surface area (Å²) in [5.74, 6) is -0.319. The van der Waals surface area contributed by atoms with Crippen LogP contribution in [0, 0.1) is 0 Å². The van der Waals surface area contributed by atoms with Crippen molar-refractivity contribution in [3.8, 4) is 0 Å². The summed E-state index contributed by atoms with van der Waals surface area (Å²) in [6, 6.07) is 10.5. The number of hydrogen-bond acceptors (Lipinski definition) is 3. The van der Waals surface area contributed by atoms with Gasteiger partial charge in [0.1, 0.15) is 0 Å². The predicted octanol–water partition coefficient (Wildman–Crippen LogP) is 2.80. The molecule has 0 spiro atoms. The summed E-state index contributed by atoms with van der Waals surface area (Å²) in [5.41, 5.74) is 1.67. The summed E-state index contributed by atoms with van der Waals surface area (Å²) in [5, 5.41) is 0. The van der Waals surface area contributed by atoms with Crippen LogP contribution in [0.1, 0.15) is 24.9 Å². The van der Waals surface area contributed by atoms with Crippen LogP contribution >= 0.6 is 0 Å². The number of nitrogens with zero attached hydrogens (tertiary/aromatic N) is 1. The van der Waals surface area contributed by atoms with Crippen LogP contribution in [-0.2, 0) is 9.53 Å². The molecule has 0 aliphatic heterocycles. The summed E-state index contributed by atoms with van der Waals surface area (Å²) in [7, 11) is 4.05. The fourth-order valence-corrected chi connectivity index (χ4v) is 1.78. The number of esters is 1. The normalized spacial score (nSPS) is 12.2. The van der Waals surface area contributed by atoms with E-state index in [0.29, 0.717) is 12.2 Å². The van der Waals surface area contributed by atoms with E-state index in [1.54, 1.807) is 6.92 Å². The van der Waals surface area contributed by atoms with Gasteiger partial charge in [-0.1, -0.05) is 36.9 Å². The highest BCUT2D eigenvalue weighted by atomic mass is 16.5. The number of hydrogen-bond donors (Lipinski definition) is 0. The SMILES string of the molecule is C=C(C)C(=O)OCCC(c1ccccc1)N(C)C. The molecule has 98 valence electrons. The summed E-state index contributed by atoms with van der Waals surface area (Å²) in [6.45, 7) is 5.62. The Bertz CT molecular complexity index is 398. The number of ether oxygens (including phenoxy) is 1. The molecule has 0 radical (unpaired) electrons. The van der Waals surface area contributed by atoms with Gasteiger partial charge in [-0.25, -0.2) is 4.79 Å². The van der Waals surface area contributed by atoms with E-state index in [1.807, 2.05) is 32.3 Å². The minimum Gasteiger partial charge on any atom is -0.462 e. The lowest BCUT2D eigenvalue weighted by Gasteiger charge is -2.24. The molecule has 0 aliphatic rings. The van der Waals surface area contributed by atoms with Crippen molar-refractivity contribution in [3.63, 3.8) is 0 Å². The Morgan fingerprint density at radius 3 is 2.44 bits per heavy atom. The van der Waals surface area contributed by atoms with Crippen LogP contribution in [0.5, 0.6) is 0 Å². The average molecular weight is 247 g/mol. The van der Waals surface area contributed by atoms with E-state index < -0.39 is 0 Å². The van der Waals surface area contributed by atoms with E-state index in [2.05, 4.69) is 23.6 Å². The van der Waals surface area contributed by atoms with Gasteiger partial charge in [0.2, 0.25) is 0 Å². The minimum absolute atomic E-state index is 0.254. The third-order valence-electron chi connectivity index (χ3n) is 2.78. The van der Waals surface area contributed by atoms with Gasteiger partial charge in [0.15, 0.2) is 0 Å². The van der Waals surface area contributed by atoms with Crippen LogP contribution < -0.4 is 0 Å². The molecule has 3 nitrogen and oxygen atoms in total. The van der Waals surface area contributed by atoms with Crippen LogP contribution in [0.4, 0.5) is 0 Å². The molecule has 0 saturated carbocycles. The van der Waals surface area contributed by atoms with Gasteiger partial charge >= 0.3 is 5.97 Å². The van der Waals surface area contributed by atoms with Crippen LogP contribution in [0.25, 0.3) is 0 Å².